The van der Waals surface area contributed by atoms with E-state index < -0.39 is 0 Å². The van der Waals surface area contributed by atoms with Crippen molar-refractivity contribution in [1.29, 1.82) is 0 Å². The van der Waals surface area contributed by atoms with Crippen LogP contribution < -0.4 is 4.74 Å². The number of hydrogen-bond donors (Lipinski definition) is 0. The van der Waals surface area contributed by atoms with Crippen molar-refractivity contribution < 1.29 is 9.53 Å². The predicted octanol–water partition coefficient (Wildman–Crippen LogP) is 4.81. The van der Waals surface area contributed by atoms with Crippen LogP contribution in [0.2, 0.25) is 0 Å². The third-order valence-electron chi connectivity index (χ3n) is 4.23. The van der Waals surface area contributed by atoms with E-state index in [4.69, 9.17) is 4.74 Å². The van der Waals surface area contributed by atoms with Crippen molar-refractivity contribution in [2.24, 2.45) is 0 Å². The molecule has 0 saturated heterocycles. The average Bonchev–Trinajstić information content (AvgIpc) is 2.63. The summed E-state index contributed by atoms with van der Waals surface area (Å²) < 4.78 is 6.28. The fourth-order valence-corrected chi connectivity index (χ4v) is 3.04. The second-order valence-corrected chi connectivity index (χ2v) is 7.02. The molecule has 0 bridgehead atoms. The minimum Gasteiger partial charge on any atom is -0.497 e. The van der Waals surface area contributed by atoms with Gasteiger partial charge in [-0.05, 0) is 52.2 Å². The van der Waals surface area contributed by atoms with E-state index in [0.29, 0.717) is 13.0 Å². The highest BCUT2D eigenvalue weighted by atomic mass is 79.9. The number of amides is 1. The summed E-state index contributed by atoms with van der Waals surface area (Å²) in [5, 5.41) is 2.28. The maximum absolute atomic E-state index is 12.4. The summed E-state index contributed by atoms with van der Waals surface area (Å²) >= 11 is 3.41. The zero-order chi connectivity index (χ0) is 17.8. The number of ether oxygens (including phenoxy) is 1. The molecule has 0 N–H and O–H groups in total. The van der Waals surface area contributed by atoms with E-state index in [1.54, 1.807) is 12.0 Å². The van der Waals surface area contributed by atoms with Crippen LogP contribution in [0.1, 0.15) is 11.1 Å². The van der Waals surface area contributed by atoms with E-state index >= 15 is 0 Å². The summed E-state index contributed by atoms with van der Waals surface area (Å²) in [6.07, 6.45) is 0.411. The molecule has 3 rings (SSSR count). The molecule has 0 saturated carbocycles. The van der Waals surface area contributed by atoms with Gasteiger partial charge in [-0.15, -0.1) is 0 Å². The van der Waals surface area contributed by atoms with Gasteiger partial charge in [-0.25, -0.2) is 0 Å². The van der Waals surface area contributed by atoms with Crippen LogP contribution in [0.5, 0.6) is 5.75 Å². The quantitative estimate of drug-likeness (QED) is 0.617. The zero-order valence-corrected chi connectivity index (χ0v) is 15.9. The van der Waals surface area contributed by atoms with Crippen LogP contribution in [0.4, 0.5) is 0 Å². The number of fused-ring (bicyclic) bond motifs is 1. The molecule has 0 unspecified atom stereocenters. The number of methoxy groups -OCH3 is 1. The second kappa shape index (κ2) is 7.70. The Hall–Kier alpha value is -2.33. The van der Waals surface area contributed by atoms with Gasteiger partial charge in [-0.3, -0.25) is 4.79 Å². The van der Waals surface area contributed by atoms with Gasteiger partial charge >= 0.3 is 0 Å². The highest BCUT2D eigenvalue weighted by Crippen LogP contribution is 2.22. The molecule has 0 aromatic heterocycles. The number of rotatable bonds is 5. The maximum atomic E-state index is 12.4. The summed E-state index contributed by atoms with van der Waals surface area (Å²) in [7, 11) is 3.51. The Labute approximate surface area is 156 Å². The Morgan fingerprint density at radius 1 is 0.960 bits per heavy atom. The van der Waals surface area contributed by atoms with Crippen LogP contribution in [0, 0.1) is 0 Å². The van der Waals surface area contributed by atoms with Gasteiger partial charge in [0.2, 0.25) is 5.91 Å². The molecule has 0 aliphatic carbocycles. The molecule has 0 heterocycles. The molecule has 3 nitrogen and oxygen atoms in total. The highest BCUT2D eigenvalue weighted by molar-refractivity contribution is 9.10. The van der Waals surface area contributed by atoms with Gasteiger partial charge in [-0.1, -0.05) is 46.3 Å². The van der Waals surface area contributed by atoms with Crippen molar-refractivity contribution in [3.63, 3.8) is 0 Å². The number of carbonyl (C=O) groups is 1. The monoisotopic (exact) mass is 397 g/mol. The van der Waals surface area contributed by atoms with E-state index in [1.165, 1.54) is 0 Å². The van der Waals surface area contributed by atoms with Crippen molar-refractivity contribution >= 4 is 32.6 Å². The summed E-state index contributed by atoms with van der Waals surface area (Å²) in [5.74, 6) is 0.958. The number of likely N-dealkylation sites (N-methyl/N-ethyl adjacent to an activating group) is 1. The summed E-state index contributed by atoms with van der Waals surface area (Å²) in [6, 6.07) is 20.1. The molecule has 128 valence electrons. The fraction of sp³-hybridized carbons (Fsp3) is 0.190. The average molecular weight is 398 g/mol. The third-order valence-corrected chi connectivity index (χ3v) is 4.75. The lowest BCUT2D eigenvalue weighted by molar-refractivity contribution is -0.129. The first-order valence-electron chi connectivity index (χ1n) is 8.10. The largest absolute Gasteiger partial charge is 0.497 e. The van der Waals surface area contributed by atoms with Gasteiger partial charge in [0, 0.05) is 18.1 Å². The predicted molar refractivity (Wildman–Crippen MR) is 105 cm³/mol. The Morgan fingerprint density at radius 2 is 1.60 bits per heavy atom. The molecule has 3 aromatic rings. The number of nitrogens with zero attached hydrogens (tertiary/aromatic N) is 1. The van der Waals surface area contributed by atoms with Crippen LogP contribution in [0.15, 0.2) is 65.1 Å². The number of benzene rings is 3. The van der Waals surface area contributed by atoms with Gasteiger partial charge < -0.3 is 9.64 Å². The lowest BCUT2D eigenvalue weighted by atomic mass is 10.1. The number of halogens is 1. The third kappa shape index (κ3) is 4.40. The van der Waals surface area contributed by atoms with E-state index in [2.05, 4.69) is 34.1 Å². The molecule has 25 heavy (non-hydrogen) atoms. The molecule has 0 aliphatic heterocycles. The smallest absolute Gasteiger partial charge is 0.227 e. The van der Waals surface area contributed by atoms with Crippen molar-refractivity contribution in [2.45, 2.75) is 13.0 Å². The van der Waals surface area contributed by atoms with Crippen molar-refractivity contribution in [3.8, 4) is 5.75 Å². The van der Waals surface area contributed by atoms with E-state index in [9.17, 15) is 4.79 Å². The maximum Gasteiger partial charge on any atom is 0.227 e. The van der Waals surface area contributed by atoms with Crippen molar-refractivity contribution in [3.05, 3.63) is 76.3 Å². The van der Waals surface area contributed by atoms with E-state index in [1.807, 2.05) is 49.5 Å². The molecular formula is C21H20BrNO2. The molecule has 3 aromatic carbocycles. The Bertz CT molecular complexity index is 890. The minimum atomic E-state index is 0.108. The normalized spacial score (nSPS) is 10.7. The molecule has 0 aliphatic rings. The van der Waals surface area contributed by atoms with Crippen molar-refractivity contribution in [1.82, 2.24) is 4.90 Å². The Balaban J connectivity index is 1.69. The van der Waals surface area contributed by atoms with E-state index in [0.717, 1.165) is 32.1 Å². The standard InChI is InChI=1S/C21H20BrNO2/c1-23(21(24)12-15-4-8-19(22)9-5-15)14-16-3-6-18-13-20(25-2)10-7-17(18)11-16/h3-11,13H,12,14H2,1-2H3. The summed E-state index contributed by atoms with van der Waals surface area (Å²) in [6.45, 7) is 0.595. The topological polar surface area (TPSA) is 29.5 Å². The van der Waals surface area contributed by atoms with Crippen LogP contribution in [0.3, 0.4) is 0 Å². The van der Waals surface area contributed by atoms with Crippen LogP contribution in [-0.4, -0.2) is 25.0 Å². The first-order valence-corrected chi connectivity index (χ1v) is 8.89. The lowest BCUT2D eigenvalue weighted by Crippen LogP contribution is -2.27. The molecule has 4 heteroatoms. The first kappa shape index (κ1) is 17.5. The van der Waals surface area contributed by atoms with Gasteiger partial charge in [0.05, 0.1) is 13.5 Å². The minimum absolute atomic E-state index is 0.108. The van der Waals surface area contributed by atoms with Gasteiger partial charge in [0.25, 0.3) is 0 Å². The molecule has 0 fully saturated rings. The SMILES string of the molecule is COc1ccc2cc(CN(C)C(=O)Cc3ccc(Br)cc3)ccc2c1. The Morgan fingerprint density at radius 3 is 2.32 bits per heavy atom. The number of carbonyl (C=O) groups excluding carboxylic acids is 1. The lowest BCUT2D eigenvalue weighted by Gasteiger charge is -2.18. The van der Waals surface area contributed by atoms with E-state index in [-0.39, 0.29) is 5.91 Å². The highest BCUT2D eigenvalue weighted by Gasteiger charge is 2.11. The number of hydrogen-bond acceptors (Lipinski definition) is 2. The Kier molecular flexibility index (Phi) is 5.39. The molecule has 0 atom stereocenters. The zero-order valence-electron chi connectivity index (χ0n) is 14.3. The van der Waals surface area contributed by atoms with Crippen LogP contribution in [-0.2, 0) is 17.8 Å². The van der Waals surface area contributed by atoms with Crippen LogP contribution in [0.25, 0.3) is 10.8 Å². The molecule has 1 amide bonds. The summed E-state index contributed by atoms with van der Waals surface area (Å²) in [5.41, 5.74) is 2.13. The van der Waals surface area contributed by atoms with Gasteiger partial charge in [-0.2, -0.15) is 0 Å². The van der Waals surface area contributed by atoms with Gasteiger partial charge in [0.1, 0.15) is 5.75 Å². The van der Waals surface area contributed by atoms with Crippen molar-refractivity contribution in [2.75, 3.05) is 14.2 Å². The first-order chi connectivity index (χ1) is 12.0. The molecular weight excluding hydrogens is 378 g/mol. The van der Waals surface area contributed by atoms with Crippen LogP contribution >= 0.6 is 15.9 Å². The second-order valence-electron chi connectivity index (χ2n) is 6.10. The molecule has 0 spiro atoms. The van der Waals surface area contributed by atoms with Gasteiger partial charge in [0.15, 0.2) is 0 Å². The fourth-order valence-electron chi connectivity index (χ4n) is 2.77. The molecule has 0 radical (unpaired) electrons. The summed E-state index contributed by atoms with van der Waals surface area (Å²) in [4.78, 5) is 14.2.